The zero-order valence-electron chi connectivity index (χ0n) is 21.1. The number of benzene rings is 3. The van der Waals surface area contributed by atoms with Crippen LogP contribution in [-0.4, -0.2) is 62.4 Å². The first-order chi connectivity index (χ1) is 19.0. The summed E-state index contributed by atoms with van der Waals surface area (Å²) in [5, 5.41) is 21.2. The van der Waals surface area contributed by atoms with Gasteiger partial charge in [0, 0.05) is 72.4 Å². The number of hydrogen-bond donors (Lipinski definition) is 0. The van der Waals surface area contributed by atoms with E-state index in [1.54, 1.807) is 23.9 Å². The summed E-state index contributed by atoms with van der Waals surface area (Å²) in [5.41, 5.74) is 2.90. The van der Waals surface area contributed by atoms with Gasteiger partial charge in [-0.2, -0.15) is 0 Å². The Morgan fingerprint density at radius 3 is 2.26 bits per heavy atom. The van der Waals surface area contributed by atoms with Gasteiger partial charge in [0.15, 0.2) is 11.0 Å². The van der Waals surface area contributed by atoms with Crippen molar-refractivity contribution in [3.05, 3.63) is 94.0 Å². The Balaban J connectivity index is 1.15. The van der Waals surface area contributed by atoms with Crippen molar-refractivity contribution in [3.8, 4) is 17.1 Å². The van der Waals surface area contributed by atoms with Gasteiger partial charge in [0.25, 0.3) is 5.69 Å². The molecule has 1 aliphatic heterocycles. The Morgan fingerprint density at radius 1 is 0.897 bits per heavy atom. The quantitative estimate of drug-likeness (QED) is 0.111. The van der Waals surface area contributed by atoms with Gasteiger partial charge >= 0.3 is 0 Å². The summed E-state index contributed by atoms with van der Waals surface area (Å²) in [6.45, 7) is 2.67. The first-order valence-electron chi connectivity index (χ1n) is 12.7. The van der Waals surface area contributed by atoms with E-state index < -0.39 is 4.92 Å². The van der Waals surface area contributed by atoms with Crippen LogP contribution in [-0.2, 0) is 4.79 Å². The zero-order valence-corrected chi connectivity index (χ0v) is 22.7. The number of para-hydroxylation sites is 1. The number of non-ortho nitro benzene ring substituents is 1. The van der Waals surface area contributed by atoms with Gasteiger partial charge in [-0.15, -0.1) is 10.2 Å². The highest BCUT2D eigenvalue weighted by atomic mass is 35.5. The molecule has 0 spiro atoms. The van der Waals surface area contributed by atoms with Gasteiger partial charge in [0.2, 0.25) is 5.91 Å². The third-order valence-corrected chi connectivity index (χ3v) is 7.84. The Labute approximate surface area is 235 Å². The second-order valence-corrected chi connectivity index (χ2v) is 10.6. The highest BCUT2D eigenvalue weighted by molar-refractivity contribution is 7.99. The van der Waals surface area contributed by atoms with Crippen LogP contribution in [0.5, 0.6) is 0 Å². The van der Waals surface area contributed by atoms with Gasteiger partial charge < -0.3 is 9.80 Å². The smallest absolute Gasteiger partial charge is 0.269 e. The van der Waals surface area contributed by atoms with E-state index in [4.69, 9.17) is 11.6 Å². The second kappa shape index (κ2) is 12.3. The molecule has 2 heterocycles. The lowest BCUT2D eigenvalue weighted by atomic mass is 10.2. The van der Waals surface area contributed by atoms with E-state index in [2.05, 4.69) is 15.1 Å². The molecule has 11 heteroatoms. The molecule has 0 radical (unpaired) electrons. The van der Waals surface area contributed by atoms with Crippen LogP contribution in [0.25, 0.3) is 17.1 Å². The molecule has 200 valence electrons. The summed E-state index contributed by atoms with van der Waals surface area (Å²) in [6, 6.07) is 24.1. The summed E-state index contributed by atoms with van der Waals surface area (Å²) in [6.07, 6.45) is 1.19. The highest BCUT2D eigenvalue weighted by Crippen LogP contribution is 2.29. The lowest BCUT2D eigenvalue weighted by molar-refractivity contribution is -0.384. The molecule has 1 aliphatic rings. The molecular weight excluding hydrogens is 536 g/mol. The van der Waals surface area contributed by atoms with Gasteiger partial charge in [-0.05, 0) is 55.0 Å². The fraction of sp³-hybridized carbons (Fsp3) is 0.250. The molecule has 1 saturated heterocycles. The minimum Gasteiger partial charge on any atom is -0.368 e. The minimum atomic E-state index is -0.400. The minimum absolute atomic E-state index is 0.0775. The number of carbonyl (C=O) groups is 1. The molecule has 3 aromatic carbocycles. The summed E-state index contributed by atoms with van der Waals surface area (Å²) in [4.78, 5) is 27.4. The van der Waals surface area contributed by atoms with Crippen molar-refractivity contribution in [1.29, 1.82) is 0 Å². The average molecular weight is 563 g/mol. The Kier molecular flexibility index (Phi) is 8.43. The van der Waals surface area contributed by atoms with Crippen molar-refractivity contribution in [3.63, 3.8) is 0 Å². The Bertz CT molecular complexity index is 1420. The molecule has 9 nitrogen and oxygen atoms in total. The molecule has 0 bridgehead atoms. The lowest BCUT2D eigenvalue weighted by Crippen LogP contribution is -2.48. The normalized spacial score (nSPS) is 13.5. The molecular formula is C28H27ClN6O3S. The molecule has 0 atom stereocenters. The van der Waals surface area contributed by atoms with E-state index in [1.807, 2.05) is 64.1 Å². The predicted octanol–water partition coefficient (Wildman–Crippen LogP) is 5.72. The van der Waals surface area contributed by atoms with Crippen molar-refractivity contribution in [2.75, 3.05) is 36.8 Å². The SMILES string of the molecule is O=C(CCCSc1nnc(-c2ccc(Cl)cc2)n1-c1ccccc1)N1CCN(c2ccc([N+](=O)[O-])cc2)CC1. The second-order valence-electron chi connectivity index (χ2n) is 9.08. The molecule has 0 unspecified atom stereocenters. The van der Waals surface area contributed by atoms with Crippen LogP contribution < -0.4 is 4.90 Å². The summed E-state index contributed by atoms with van der Waals surface area (Å²) in [5.74, 6) is 1.62. The number of aromatic nitrogens is 3. The molecule has 0 N–H and O–H groups in total. The Hall–Kier alpha value is -3.89. The summed E-state index contributed by atoms with van der Waals surface area (Å²) < 4.78 is 2.03. The number of thioether (sulfide) groups is 1. The van der Waals surface area contributed by atoms with Crippen molar-refractivity contribution >= 4 is 40.6 Å². The van der Waals surface area contributed by atoms with E-state index in [0.29, 0.717) is 37.6 Å². The Morgan fingerprint density at radius 2 is 1.59 bits per heavy atom. The first kappa shape index (κ1) is 26.7. The number of nitro benzene ring substituents is 1. The monoisotopic (exact) mass is 562 g/mol. The third-order valence-electron chi connectivity index (χ3n) is 6.57. The molecule has 5 rings (SSSR count). The van der Waals surface area contributed by atoms with E-state index >= 15 is 0 Å². The van der Waals surface area contributed by atoms with Crippen molar-refractivity contribution in [2.45, 2.75) is 18.0 Å². The maximum atomic E-state index is 12.9. The van der Waals surface area contributed by atoms with Crippen LogP contribution in [0.15, 0.2) is 84.0 Å². The standard InChI is InChI=1S/C28H27ClN6O3S/c29-22-10-8-21(9-11-22)27-30-31-28(34(27)24-5-2-1-3-6-24)39-20-4-7-26(36)33-18-16-32(17-19-33)23-12-14-25(15-13-23)35(37)38/h1-3,5-6,8-15H,4,7,16-20H2. The number of amides is 1. The maximum absolute atomic E-state index is 12.9. The third kappa shape index (κ3) is 6.40. The highest BCUT2D eigenvalue weighted by Gasteiger charge is 2.22. The molecule has 1 aromatic heterocycles. The van der Waals surface area contributed by atoms with Crippen LogP contribution in [0, 0.1) is 10.1 Å². The van der Waals surface area contributed by atoms with Crippen LogP contribution in [0.3, 0.4) is 0 Å². The van der Waals surface area contributed by atoms with Crippen LogP contribution in [0.1, 0.15) is 12.8 Å². The van der Waals surface area contributed by atoms with Crippen molar-refractivity contribution in [1.82, 2.24) is 19.7 Å². The van der Waals surface area contributed by atoms with Gasteiger partial charge in [-0.1, -0.05) is 41.6 Å². The van der Waals surface area contributed by atoms with Crippen molar-refractivity contribution < 1.29 is 9.72 Å². The fourth-order valence-electron chi connectivity index (χ4n) is 4.50. The number of hydrogen-bond acceptors (Lipinski definition) is 7. The predicted molar refractivity (Wildman–Crippen MR) is 154 cm³/mol. The van der Waals surface area contributed by atoms with Gasteiger partial charge in [0.1, 0.15) is 0 Å². The van der Waals surface area contributed by atoms with E-state index in [-0.39, 0.29) is 11.6 Å². The topological polar surface area (TPSA) is 97.4 Å². The summed E-state index contributed by atoms with van der Waals surface area (Å²) in [7, 11) is 0. The maximum Gasteiger partial charge on any atom is 0.269 e. The van der Waals surface area contributed by atoms with Crippen LogP contribution >= 0.6 is 23.4 Å². The number of piperazine rings is 1. The first-order valence-corrected chi connectivity index (χ1v) is 14.0. The van der Waals surface area contributed by atoms with Gasteiger partial charge in [0.05, 0.1) is 4.92 Å². The number of nitrogens with zero attached hydrogens (tertiary/aromatic N) is 6. The van der Waals surface area contributed by atoms with Crippen LogP contribution in [0.2, 0.25) is 5.02 Å². The largest absolute Gasteiger partial charge is 0.368 e. The molecule has 1 amide bonds. The van der Waals surface area contributed by atoms with E-state index in [9.17, 15) is 14.9 Å². The number of rotatable bonds is 9. The van der Waals surface area contributed by atoms with Gasteiger partial charge in [-0.25, -0.2) is 0 Å². The zero-order chi connectivity index (χ0) is 27.2. The fourth-order valence-corrected chi connectivity index (χ4v) is 5.52. The van der Waals surface area contributed by atoms with Gasteiger partial charge in [-0.3, -0.25) is 19.5 Å². The number of anilines is 1. The molecule has 0 saturated carbocycles. The molecule has 0 aliphatic carbocycles. The van der Waals surface area contributed by atoms with E-state index in [0.717, 1.165) is 40.1 Å². The summed E-state index contributed by atoms with van der Waals surface area (Å²) >= 11 is 7.66. The number of nitro groups is 1. The lowest BCUT2D eigenvalue weighted by Gasteiger charge is -2.36. The number of carbonyl (C=O) groups excluding carboxylic acids is 1. The van der Waals surface area contributed by atoms with Crippen LogP contribution in [0.4, 0.5) is 11.4 Å². The molecule has 39 heavy (non-hydrogen) atoms. The molecule has 1 fully saturated rings. The average Bonchev–Trinajstić information content (AvgIpc) is 3.40. The molecule has 4 aromatic rings. The van der Waals surface area contributed by atoms with E-state index in [1.165, 1.54) is 12.1 Å². The number of halogens is 1. The van der Waals surface area contributed by atoms with Crippen molar-refractivity contribution in [2.24, 2.45) is 0 Å².